The van der Waals surface area contributed by atoms with Gasteiger partial charge in [0.15, 0.2) is 0 Å². The third-order valence-electron chi connectivity index (χ3n) is 3.24. The van der Waals surface area contributed by atoms with Crippen LogP contribution in [0.3, 0.4) is 0 Å². The largest absolute Gasteiger partial charge is 0.497 e. The lowest BCUT2D eigenvalue weighted by molar-refractivity contribution is 0.0383. The van der Waals surface area contributed by atoms with E-state index in [2.05, 4.69) is 10.2 Å². The Labute approximate surface area is 118 Å². The van der Waals surface area contributed by atoms with Gasteiger partial charge < -0.3 is 20.5 Å². The van der Waals surface area contributed by atoms with Crippen molar-refractivity contribution in [1.82, 2.24) is 10.2 Å². The molecule has 6 nitrogen and oxygen atoms in total. The number of hydrogen-bond acceptors (Lipinski definition) is 5. The predicted molar refractivity (Wildman–Crippen MR) is 77.0 cm³/mol. The zero-order valence-corrected chi connectivity index (χ0v) is 11.7. The van der Waals surface area contributed by atoms with Gasteiger partial charge >= 0.3 is 0 Å². The number of methoxy groups -OCH3 is 1. The van der Waals surface area contributed by atoms with Crippen molar-refractivity contribution in [2.75, 3.05) is 52.2 Å². The Bertz CT molecular complexity index is 459. The highest BCUT2D eigenvalue weighted by Gasteiger charge is 2.11. The zero-order chi connectivity index (χ0) is 14.4. The Morgan fingerprint density at radius 3 is 2.85 bits per heavy atom. The molecule has 0 unspecified atom stereocenters. The van der Waals surface area contributed by atoms with Crippen LogP contribution in [-0.2, 0) is 4.74 Å². The van der Waals surface area contributed by atoms with E-state index < -0.39 is 0 Å². The minimum atomic E-state index is -0.135. The third-order valence-corrected chi connectivity index (χ3v) is 3.24. The molecule has 1 aliphatic heterocycles. The van der Waals surface area contributed by atoms with E-state index in [1.807, 2.05) is 0 Å². The highest BCUT2D eigenvalue weighted by Crippen LogP contribution is 2.18. The van der Waals surface area contributed by atoms with E-state index >= 15 is 0 Å². The minimum Gasteiger partial charge on any atom is -0.497 e. The number of ether oxygens (including phenoxy) is 2. The number of nitrogen functional groups attached to an aromatic ring is 1. The van der Waals surface area contributed by atoms with Gasteiger partial charge in [0.05, 0.1) is 20.3 Å². The van der Waals surface area contributed by atoms with Gasteiger partial charge in [-0.25, -0.2) is 0 Å². The van der Waals surface area contributed by atoms with E-state index in [0.717, 1.165) is 32.8 Å². The standard InChI is InChI=1S/C14H21N3O3/c1-19-13-9-11(8-12(15)10-13)14(18)16-2-3-17-4-6-20-7-5-17/h8-10H,2-7,15H2,1H3,(H,16,18). The Morgan fingerprint density at radius 2 is 2.15 bits per heavy atom. The van der Waals surface area contributed by atoms with Crippen molar-refractivity contribution < 1.29 is 14.3 Å². The first-order chi connectivity index (χ1) is 9.69. The molecule has 0 bridgehead atoms. The van der Waals surface area contributed by atoms with Gasteiger partial charge in [0, 0.05) is 43.5 Å². The Kier molecular flexibility index (Phi) is 5.20. The van der Waals surface area contributed by atoms with Crippen LogP contribution in [0.1, 0.15) is 10.4 Å². The van der Waals surface area contributed by atoms with Crippen LogP contribution in [0, 0.1) is 0 Å². The van der Waals surface area contributed by atoms with Crippen molar-refractivity contribution in [3.8, 4) is 5.75 Å². The molecule has 1 fully saturated rings. The van der Waals surface area contributed by atoms with Crippen LogP contribution in [0.15, 0.2) is 18.2 Å². The third kappa shape index (κ3) is 4.11. The van der Waals surface area contributed by atoms with Crippen molar-refractivity contribution in [1.29, 1.82) is 0 Å². The fourth-order valence-corrected chi connectivity index (χ4v) is 2.13. The molecular weight excluding hydrogens is 258 g/mol. The molecule has 6 heteroatoms. The molecule has 0 saturated carbocycles. The number of morpholine rings is 1. The maximum Gasteiger partial charge on any atom is 0.251 e. The SMILES string of the molecule is COc1cc(N)cc(C(=O)NCCN2CCOCC2)c1. The van der Waals surface area contributed by atoms with E-state index in [1.54, 1.807) is 25.3 Å². The summed E-state index contributed by atoms with van der Waals surface area (Å²) in [5.74, 6) is 0.451. The van der Waals surface area contributed by atoms with Crippen LogP contribution >= 0.6 is 0 Å². The summed E-state index contributed by atoms with van der Waals surface area (Å²) >= 11 is 0. The Balaban J connectivity index is 1.83. The predicted octanol–water partition coefficient (Wildman–Crippen LogP) is 0.339. The molecule has 1 aliphatic rings. The van der Waals surface area contributed by atoms with Gasteiger partial charge in [-0.2, -0.15) is 0 Å². The Morgan fingerprint density at radius 1 is 1.40 bits per heavy atom. The maximum atomic E-state index is 12.0. The molecule has 2 rings (SSSR count). The second kappa shape index (κ2) is 7.12. The molecule has 110 valence electrons. The lowest BCUT2D eigenvalue weighted by Gasteiger charge is -2.26. The molecule has 1 saturated heterocycles. The lowest BCUT2D eigenvalue weighted by atomic mass is 10.1. The van der Waals surface area contributed by atoms with Gasteiger partial charge in [0.2, 0.25) is 0 Å². The van der Waals surface area contributed by atoms with Crippen LogP contribution in [0.4, 0.5) is 5.69 Å². The monoisotopic (exact) mass is 279 g/mol. The number of benzene rings is 1. The number of anilines is 1. The summed E-state index contributed by atoms with van der Waals surface area (Å²) in [7, 11) is 1.55. The fourth-order valence-electron chi connectivity index (χ4n) is 2.13. The fraction of sp³-hybridized carbons (Fsp3) is 0.500. The Hall–Kier alpha value is -1.79. The summed E-state index contributed by atoms with van der Waals surface area (Å²) in [6.07, 6.45) is 0. The van der Waals surface area contributed by atoms with Gasteiger partial charge in [-0.05, 0) is 12.1 Å². The maximum absolute atomic E-state index is 12.0. The molecule has 0 atom stereocenters. The summed E-state index contributed by atoms with van der Waals surface area (Å²) in [6.45, 7) is 4.80. The molecule has 1 aromatic rings. The number of amides is 1. The molecule has 1 aromatic carbocycles. The van der Waals surface area contributed by atoms with Crippen LogP contribution in [0.2, 0.25) is 0 Å². The van der Waals surface area contributed by atoms with Crippen LogP contribution in [0.25, 0.3) is 0 Å². The van der Waals surface area contributed by atoms with Crippen molar-refractivity contribution in [2.45, 2.75) is 0 Å². The van der Waals surface area contributed by atoms with Crippen molar-refractivity contribution in [3.05, 3.63) is 23.8 Å². The number of carbonyl (C=O) groups is 1. The van der Waals surface area contributed by atoms with Crippen molar-refractivity contribution in [3.63, 3.8) is 0 Å². The highest BCUT2D eigenvalue weighted by atomic mass is 16.5. The van der Waals surface area contributed by atoms with Gasteiger partial charge in [-0.1, -0.05) is 0 Å². The number of nitrogens with one attached hydrogen (secondary N) is 1. The highest BCUT2D eigenvalue weighted by molar-refractivity contribution is 5.95. The molecule has 0 aromatic heterocycles. The van der Waals surface area contributed by atoms with Gasteiger partial charge in [-0.3, -0.25) is 9.69 Å². The number of rotatable bonds is 5. The summed E-state index contributed by atoms with van der Waals surface area (Å²) < 4.78 is 10.4. The molecule has 0 spiro atoms. The average Bonchev–Trinajstić information content (AvgIpc) is 2.47. The van der Waals surface area contributed by atoms with Gasteiger partial charge in [0.1, 0.15) is 5.75 Å². The second-order valence-corrected chi connectivity index (χ2v) is 4.70. The molecule has 3 N–H and O–H groups in total. The van der Waals surface area contributed by atoms with E-state index in [4.69, 9.17) is 15.2 Å². The molecular formula is C14H21N3O3. The van der Waals surface area contributed by atoms with Gasteiger partial charge in [0.25, 0.3) is 5.91 Å². The van der Waals surface area contributed by atoms with E-state index in [0.29, 0.717) is 23.5 Å². The van der Waals surface area contributed by atoms with E-state index in [-0.39, 0.29) is 5.91 Å². The quantitative estimate of drug-likeness (QED) is 0.760. The number of carbonyl (C=O) groups excluding carboxylic acids is 1. The van der Waals surface area contributed by atoms with Crippen LogP contribution in [-0.4, -0.2) is 57.3 Å². The summed E-state index contributed by atoms with van der Waals surface area (Å²) in [4.78, 5) is 14.3. The van der Waals surface area contributed by atoms with Crippen LogP contribution in [0.5, 0.6) is 5.75 Å². The van der Waals surface area contributed by atoms with Crippen molar-refractivity contribution >= 4 is 11.6 Å². The summed E-state index contributed by atoms with van der Waals surface area (Å²) in [5.41, 5.74) is 6.77. The smallest absolute Gasteiger partial charge is 0.251 e. The molecule has 1 heterocycles. The second-order valence-electron chi connectivity index (χ2n) is 4.70. The summed E-state index contributed by atoms with van der Waals surface area (Å²) in [6, 6.07) is 5.01. The number of hydrogen-bond donors (Lipinski definition) is 2. The first kappa shape index (κ1) is 14.6. The molecule has 0 radical (unpaired) electrons. The van der Waals surface area contributed by atoms with Crippen LogP contribution < -0.4 is 15.8 Å². The summed E-state index contributed by atoms with van der Waals surface area (Å²) in [5, 5.41) is 2.89. The molecule has 1 amide bonds. The van der Waals surface area contributed by atoms with Gasteiger partial charge in [-0.15, -0.1) is 0 Å². The lowest BCUT2D eigenvalue weighted by Crippen LogP contribution is -2.41. The zero-order valence-electron chi connectivity index (χ0n) is 11.7. The van der Waals surface area contributed by atoms with E-state index in [9.17, 15) is 4.79 Å². The van der Waals surface area contributed by atoms with E-state index in [1.165, 1.54) is 0 Å². The van der Waals surface area contributed by atoms with Crippen molar-refractivity contribution in [2.24, 2.45) is 0 Å². The first-order valence-corrected chi connectivity index (χ1v) is 6.72. The average molecular weight is 279 g/mol. The number of nitrogens with two attached hydrogens (primary N) is 1. The number of nitrogens with zero attached hydrogens (tertiary/aromatic N) is 1. The minimum absolute atomic E-state index is 0.135. The molecule has 20 heavy (non-hydrogen) atoms. The molecule has 0 aliphatic carbocycles. The normalized spacial score (nSPS) is 15.8. The first-order valence-electron chi connectivity index (χ1n) is 6.72. The topological polar surface area (TPSA) is 76.8 Å².